The first kappa shape index (κ1) is 25.5. The Hall–Kier alpha value is -3.17. The van der Waals surface area contributed by atoms with Crippen LogP contribution < -0.4 is 9.64 Å². The van der Waals surface area contributed by atoms with E-state index in [1.54, 1.807) is 49.3 Å². The molecule has 4 aliphatic rings. The summed E-state index contributed by atoms with van der Waals surface area (Å²) >= 11 is 0. The van der Waals surface area contributed by atoms with Gasteiger partial charge in [0.25, 0.3) is 5.91 Å². The molecule has 9 nitrogen and oxygen atoms in total. The van der Waals surface area contributed by atoms with E-state index >= 15 is 0 Å². The highest BCUT2D eigenvalue weighted by Gasteiger charge is 2.75. The standard InChI is InChI=1S/C28H34N2O7/c1-17(2)20(16-31)30-23-25(33)29(18-8-10-19(35-4)11-9-18)14-7-13-28(23)21(24(30)32)22-26(34)36-15-6-5-12-27(22,3)37-28/h5,7-13,17,20-23,31H,6,14-16H2,1-4H3/t20-,21-,22+,23?,27-,28-/m0/s1. The number of amides is 2. The molecular weight excluding hydrogens is 476 g/mol. The largest absolute Gasteiger partial charge is 0.497 e. The zero-order valence-corrected chi connectivity index (χ0v) is 21.6. The molecule has 1 N–H and O–H groups in total. The van der Waals surface area contributed by atoms with Gasteiger partial charge in [0.05, 0.1) is 37.9 Å². The van der Waals surface area contributed by atoms with Crippen molar-refractivity contribution in [3.05, 3.63) is 48.6 Å². The zero-order chi connectivity index (χ0) is 26.5. The Morgan fingerprint density at radius 2 is 1.81 bits per heavy atom. The third kappa shape index (κ3) is 3.78. The number of aliphatic hydroxyl groups is 1. The van der Waals surface area contributed by atoms with Crippen LogP contribution in [0.4, 0.5) is 5.69 Å². The summed E-state index contributed by atoms with van der Waals surface area (Å²) in [5.74, 6) is -2.61. The van der Waals surface area contributed by atoms with Crippen LogP contribution in [0.3, 0.4) is 0 Å². The molecule has 37 heavy (non-hydrogen) atoms. The summed E-state index contributed by atoms with van der Waals surface area (Å²) in [4.78, 5) is 45.1. The monoisotopic (exact) mass is 510 g/mol. The number of methoxy groups -OCH3 is 1. The van der Waals surface area contributed by atoms with Crippen molar-refractivity contribution >= 4 is 23.5 Å². The second-order valence-corrected chi connectivity index (χ2v) is 10.6. The molecule has 6 atom stereocenters. The molecule has 1 aromatic rings. The van der Waals surface area contributed by atoms with E-state index in [1.807, 2.05) is 32.1 Å². The minimum Gasteiger partial charge on any atom is -0.497 e. The highest BCUT2D eigenvalue weighted by Crippen LogP contribution is 2.58. The van der Waals surface area contributed by atoms with Gasteiger partial charge in [-0.05, 0) is 43.5 Å². The number of rotatable bonds is 5. The molecule has 2 saturated heterocycles. The lowest BCUT2D eigenvalue weighted by atomic mass is 9.74. The van der Waals surface area contributed by atoms with E-state index < -0.39 is 41.1 Å². The molecule has 0 bridgehead atoms. The molecule has 0 aromatic heterocycles. The minimum atomic E-state index is -1.40. The lowest BCUT2D eigenvalue weighted by Crippen LogP contribution is -2.59. The summed E-state index contributed by atoms with van der Waals surface area (Å²) in [6.07, 6.45) is 7.88. The number of hydrogen-bond donors (Lipinski definition) is 1. The van der Waals surface area contributed by atoms with Gasteiger partial charge in [-0.1, -0.05) is 38.2 Å². The minimum absolute atomic E-state index is 0.144. The number of hydrogen-bond acceptors (Lipinski definition) is 7. The van der Waals surface area contributed by atoms with Crippen LogP contribution in [-0.4, -0.2) is 77.9 Å². The predicted octanol–water partition coefficient (Wildman–Crippen LogP) is 2.09. The lowest BCUT2D eigenvalue weighted by molar-refractivity contribution is -0.160. The first-order valence-electron chi connectivity index (χ1n) is 12.8. The second-order valence-electron chi connectivity index (χ2n) is 10.6. The zero-order valence-electron chi connectivity index (χ0n) is 21.6. The summed E-state index contributed by atoms with van der Waals surface area (Å²) in [5.41, 5.74) is -1.89. The van der Waals surface area contributed by atoms with Crippen LogP contribution in [0.15, 0.2) is 48.6 Å². The summed E-state index contributed by atoms with van der Waals surface area (Å²) in [7, 11) is 1.57. The van der Waals surface area contributed by atoms with Gasteiger partial charge in [0.15, 0.2) is 0 Å². The first-order valence-corrected chi connectivity index (χ1v) is 12.8. The second kappa shape index (κ2) is 9.29. The predicted molar refractivity (Wildman–Crippen MR) is 135 cm³/mol. The van der Waals surface area contributed by atoms with Crippen molar-refractivity contribution in [2.45, 2.75) is 50.5 Å². The Bertz CT molecular complexity index is 1150. The van der Waals surface area contributed by atoms with Crippen molar-refractivity contribution in [3.8, 4) is 5.75 Å². The van der Waals surface area contributed by atoms with Crippen LogP contribution in [-0.2, 0) is 23.9 Å². The van der Waals surface area contributed by atoms with E-state index in [2.05, 4.69) is 0 Å². The molecule has 4 aliphatic heterocycles. The lowest BCUT2D eigenvalue weighted by Gasteiger charge is -2.41. The number of nitrogens with zero attached hydrogens (tertiary/aromatic N) is 2. The van der Waals surface area contributed by atoms with Crippen LogP contribution in [0.5, 0.6) is 5.75 Å². The van der Waals surface area contributed by atoms with Crippen molar-refractivity contribution in [2.75, 3.05) is 31.8 Å². The molecule has 5 rings (SSSR count). The molecule has 0 aliphatic carbocycles. The van der Waals surface area contributed by atoms with Crippen molar-refractivity contribution in [3.63, 3.8) is 0 Å². The normalized spacial score (nSPS) is 33.9. The van der Waals surface area contributed by atoms with Crippen molar-refractivity contribution in [1.29, 1.82) is 0 Å². The molecule has 198 valence electrons. The number of ether oxygens (including phenoxy) is 3. The number of esters is 1. The Morgan fingerprint density at radius 3 is 2.46 bits per heavy atom. The van der Waals surface area contributed by atoms with E-state index in [4.69, 9.17) is 14.2 Å². The van der Waals surface area contributed by atoms with Crippen LogP contribution >= 0.6 is 0 Å². The van der Waals surface area contributed by atoms with Gasteiger partial charge in [-0.2, -0.15) is 0 Å². The molecule has 0 saturated carbocycles. The van der Waals surface area contributed by atoms with Crippen LogP contribution in [0.2, 0.25) is 0 Å². The number of cyclic esters (lactones) is 1. The SMILES string of the molecule is COc1ccc(N2CC=C[C@]34O[C@@]5(C)C=CCCOC(=O)[C@H]5[C@H]3C(=O)N([C@@H](CO)C(C)C)C4C2=O)cc1. The van der Waals surface area contributed by atoms with Gasteiger partial charge in [0.2, 0.25) is 5.91 Å². The Morgan fingerprint density at radius 1 is 1.08 bits per heavy atom. The molecule has 1 unspecified atom stereocenters. The van der Waals surface area contributed by atoms with Crippen LogP contribution in [0.1, 0.15) is 27.2 Å². The number of carbonyl (C=O) groups is 3. The third-order valence-corrected chi connectivity index (χ3v) is 8.16. The number of carbonyl (C=O) groups excluding carboxylic acids is 3. The summed E-state index contributed by atoms with van der Waals surface area (Å²) in [6.45, 7) is 5.71. The molecule has 1 spiro atoms. The Kier molecular flexibility index (Phi) is 6.40. The molecule has 2 fully saturated rings. The first-order chi connectivity index (χ1) is 17.7. The van der Waals surface area contributed by atoms with Gasteiger partial charge in [-0.3, -0.25) is 14.4 Å². The highest BCUT2D eigenvalue weighted by atomic mass is 16.6. The number of likely N-dealkylation sites (tertiary alicyclic amines) is 1. The van der Waals surface area contributed by atoms with Gasteiger partial charge in [0, 0.05) is 12.2 Å². The number of benzene rings is 1. The fourth-order valence-corrected chi connectivity index (χ4v) is 6.40. The van der Waals surface area contributed by atoms with E-state index in [0.717, 1.165) is 0 Å². The highest BCUT2D eigenvalue weighted by molar-refractivity contribution is 6.05. The van der Waals surface area contributed by atoms with Gasteiger partial charge < -0.3 is 29.1 Å². The summed E-state index contributed by atoms with van der Waals surface area (Å²) < 4.78 is 17.5. The number of fused-ring (bicyclic) bond motifs is 2. The number of anilines is 1. The fourth-order valence-electron chi connectivity index (χ4n) is 6.40. The maximum absolute atomic E-state index is 14.4. The average Bonchev–Trinajstić information content (AvgIpc) is 3.18. The van der Waals surface area contributed by atoms with Gasteiger partial charge in [-0.15, -0.1) is 0 Å². The maximum Gasteiger partial charge on any atom is 0.313 e. The van der Waals surface area contributed by atoms with Gasteiger partial charge in [-0.25, -0.2) is 0 Å². The molecular formula is C28H34N2O7. The smallest absolute Gasteiger partial charge is 0.313 e. The molecule has 4 heterocycles. The molecule has 2 amide bonds. The van der Waals surface area contributed by atoms with Crippen LogP contribution in [0, 0.1) is 17.8 Å². The van der Waals surface area contributed by atoms with Crippen molar-refractivity contribution < 1.29 is 33.7 Å². The summed E-state index contributed by atoms with van der Waals surface area (Å²) in [6, 6.07) is 5.41. The average molecular weight is 511 g/mol. The quantitative estimate of drug-likeness (QED) is 0.478. The molecule has 9 heteroatoms. The third-order valence-electron chi connectivity index (χ3n) is 8.16. The van der Waals surface area contributed by atoms with E-state index in [0.29, 0.717) is 17.9 Å². The van der Waals surface area contributed by atoms with E-state index in [1.165, 1.54) is 4.90 Å². The van der Waals surface area contributed by atoms with Gasteiger partial charge in [0.1, 0.15) is 23.3 Å². The number of aliphatic hydroxyl groups excluding tert-OH is 1. The van der Waals surface area contributed by atoms with E-state index in [9.17, 15) is 19.5 Å². The maximum atomic E-state index is 14.4. The summed E-state index contributed by atoms with van der Waals surface area (Å²) in [5, 5.41) is 10.3. The van der Waals surface area contributed by atoms with Crippen molar-refractivity contribution in [2.24, 2.45) is 17.8 Å². The van der Waals surface area contributed by atoms with E-state index in [-0.39, 0.29) is 37.5 Å². The Labute approximate surface area is 216 Å². The van der Waals surface area contributed by atoms with Crippen LogP contribution in [0.25, 0.3) is 0 Å². The van der Waals surface area contributed by atoms with Crippen molar-refractivity contribution in [1.82, 2.24) is 4.90 Å². The topological polar surface area (TPSA) is 106 Å². The fraction of sp³-hybridized carbons (Fsp3) is 0.536. The molecule has 0 radical (unpaired) electrons. The van der Waals surface area contributed by atoms with Gasteiger partial charge >= 0.3 is 5.97 Å². The Balaban J connectivity index is 1.67. The molecule has 1 aromatic carbocycles.